The van der Waals surface area contributed by atoms with Crippen LogP contribution >= 0.6 is 0 Å². The predicted octanol–water partition coefficient (Wildman–Crippen LogP) is 5.74. The molecule has 3 atom stereocenters. The number of fused-ring (bicyclic) bond motifs is 2. The topological polar surface area (TPSA) is 145 Å². The van der Waals surface area contributed by atoms with Crippen LogP contribution in [0.5, 0.6) is 5.75 Å². The van der Waals surface area contributed by atoms with Gasteiger partial charge in [0.15, 0.2) is 0 Å². The Kier molecular flexibility index (Phi) is 10.1. The number of carbonyl (C=O) groups excluding carboxylic acids is 3. The molecule has 300 valence electrons. The third-order valence-electron chi connectivity index (χ3n) is 11.8. The molecule has 17 heteroatoms. The first-order valence-corrected chi connectivity index (χ1v) is 19.1. The second kappa shape index (κ2) is 15.1. The molecule has 8 rings (SSSR count). The number of pyridine rings is 2. The first-order chi connectivity index (χ1) is 27.3. The van der Waals surface area contributed by atoms with Gasteiger partial charge in [0.25, 0.3) is 5.91 Å². The molecule has 6 heterocycles. The van der Waals surface area contributed by atoms with Crippen molar-refractivity contribution in [2.45, 2.75) is 75.2 Å². The molecule has 1 saturated carbocycles. The van der Waals surface area contributed by atoms with Crippen molar-refractivity contribution in [2.24, 2.45) is 13.0 Å². The minimum absolute atomic E-state index is 0.141. The zero-order chi connectivity index (χ0) is 40.2. The number of imidazole rings is 2. The summed E-state index contributed by atoms with van der Waals surface area (Å²) < 4.78 is 65.8. The number of methoxy groups -OCH3 is 1. The van der Waals surface area contributed by atoms with Crippen LogP contribution in [0.25, 0.3) is 16.7 Å². The Balaban J connectivity index is 0.892. The summed E-state index contributed by atoms with van der Waals surface area (Å²) in [6, 6.07) is 9.44. The fourth-order valence-corrected chi connectivity index (χ4v) is 8.89. The Bertz CT molecular complexity index is 2430. The van der Waals surface area contributed by atoms with E-state index in [2.05, 4.69) is 20.5 Å². The predicted molar refractivity (Wildman–Crippen MR) is 201 cm³/mol. The number of halogens is 4. The smallest absolute Gasteiger partial charge is 0.433 e. The van der Waals surface area contributed by atoms with Gasteiger partial charge >= 0.3 is 11.9 Å². The summed E-state index contributed by atoms with van der Waals surface area (Å²) in [5, 5.41) is 4.95. The van der Waals surface area contributed by atoms with Crippen LogP contribution in [0.3, 0.4) is 0 Å². The molecule has 0 spiro atoms. The van der Waals surface area contributed by atoms with E-state index in [0.29, 0.717) is 41.3 Å². The lowest BCUT2D eigenvalue weighted by atomic mass is 9.80. The maximum absolute atomic E-state index is 16.1. The first kappa shape index (κ1) is 38.3. The molecular weight excluding hydrogens is 748 g/mol. The molecule has 2 saturated heterocycles. The largest absolute Gasteiger partial charge is 0.494 e. The van der Waals surface area contributed by atoms with Crippen molar-refractivity contribution < 1.29 is 36.7 Å². The van der Waals surface area contributed by atoms with Gasteiger partial charge < -0.3 is 19.4 Å². The quantitative estimate of drug-likeness (QED) is 0.150. The standard InChI is InChI=1S/C40H42F4N8O5/c1-49-36-25(5-3-7-30(36)52(39(49)56)31-13-14-35(53)48-38(31)55)24-15-16-50(19-26(24)41)18-22-9-11-23(12-10-22)28-20-51-21-29(32(57-2)17-34(51)46-28)47-37(54)27-6-4-8-33(45-27)40(42,43)44/h3-8,17,20-24,26,31H,9-16,18-19H2,1-2H3,(H,47,54)(H,48,53,55)/t22?,23?,24-,26+,31?/m0/s1. The van der Waals surface area contributed by atoms with Gasteiger partial charge in [-0.3, -0.25) is 28.8 Å². The van der Waals surface area contributed by atoms with E-state index in [1.807, 2.05) is 12.3 Å². The van der Waals surface area contributed by atoms with Crippen molar-refractivity contribution in [3.63, 3.8) is 0 Å². The highest BCUT2D eigenvalue weighted by Gasteiger charge is 2.37. The number of piperidine rings is 2. The summed E-state index contributed by atoms with van der Waals surface area (Å²) >= 11 is 0. The molecule has 1 aliphatic carbocycles. The third kappa shape index (κ3) is 7.40. The van der Waals surface area contributed by atoms with E-state index in [-0.39, 0.29) is 48.3 Å². The van der Waals surface area contributed by atoms with Crippen molar-refractivity contribution in [1.29, 1.82) is 0 Å². The minimum atomic E-state index is -4.69. The summed E-state index contributed by atoms with van der Waals surface area (Å²) in [7, 11) is 3.07. The molecule has 57 heavy (non-hydrogen) atoms. The summed E-state index contributed by atoms with van der Waals surface area (Å²) in [4.78, 5) is 61.3. The Morgan fingerprint density at radius 3 is 2.49 bits per heavy atom. The van der Waals surface area contributed by atoms with Gasteiger partial charge in [-0.2, -0.15) is 13.2 Å². The molecule has 2 aliphatic heterocycles. The SMILES string of the molecule is COc1cc2nc(C3CCC(CN4CC[C@@H](c5cccc6c5n(C)c(=O)n6C5CCC(=O)NC5=O)[C@H](F)C4)CC3)cn2cc1NC(=O)c1cccc(C(F)(F)F)n1. The highest BCUT2D eigenvalue weighted by molar-refractivity contribution is 6.03. The van der Waals surface area contributed by atoms with Crippen LogP contribution in [0.1, 0.15) is 90.3 Å². The van der Waals surface area contributed by atoms with Gasteiger partial charge in [-0.15, -0.1) is 0 Å². The van der Waals surface area contributed by atoms with Crippen LogP contribution in [0.4, 0.5) is 23.2 Å². The lowest BCUT2D eigenvalue weighted by molar-refractivity contribution is -0.141. The number of alkyl halides is 4. The lowest BCUT2D eigenvalue weighted by Crippen LogP contribution is -2.44. The van der Waals surface area contributed by atoms with Crippen molar-refractivity contribution >= 4 is 40.1 Å². The lowest BCUT2D eigenvalue weighted by Gasteiger charge is -2.38. The van der Waals surface area contributed by atoms with Crippen molar-refractivity contribution in [2.75, 3.05) is 32.1 Å². The minimum Gasteiger partial charge on any atom is -0.494 e. The van der Waals surface area contributed by atoms with Gasteiger partial charge in [0.1, 0.15) is 40.7 Å². The number of ether oxygens (including phenoxy) is 1. The Hall–Kier alpha value is -5.58. The summed E-state index contributed by atoms with van der Waals surface area (Å²) in [6.07, 6.45) is 2.30. The number of nitrogens with one attached hydrogen (secondary N) is 2. The van der Waals surface area contributed by atoms with Crippen LogP contribution in [0.15, 0.2) is 59.7 Å². The van der Waals surface area contributed by atoms with Gasteiger partial charge in [-0.05, 0) is 74.8 Å². The highest BCUT2D eigenvalue weighted by atomic mass is 19.4. The van der Waals surface area contributed by atoms with Gasteiger partial charge in [-0.25, -0.2) is 19.2 Å². The zero-order valence-corrected chi connectivity index (χ0v) is 31.4. The van der Waals surface area contributed by atoms with Crippen LogP contribution in [0.2, 0.25) is 0 Å². The number of benzene rings is 1. The van der Waals surface area contributed by atoms with Crippen molar-refractivity contribution in [1.82, 2.24) is 33.7 Å². The van der Waals surface area contributed by atoms with Gasteiger partial charge in [0.2, 0.25) is 11.8 Å². The van der Waals surface area contributed by atoms with Crippen LogP contribution in [0, 0.1) is 5.92 Å². The molecule has 4 aromatic heterocycles. The van der Waals surface area contributed by atoms with E-state index in [9.17, 15) is 32.3 Å². The van der Waals surface area contributed by atoms with E-state index >= 15 is 4.39 Å². The average Bonchev–Trinajstić information content (AvgIpc) is 3.71. The number of anilines is 1. The molecular formula is C40H42F4N8O5. The Morgan fingerprint density at radius 2 is 1.77 bits per heavy atom. The molecule has 1 unspecified atom stereocenters. The number of aromatic nitrogens is 5. The van der Waals surface area contributed by atoms with Crippen LogP contribution in [-0.2, 0) is 22.8 Å². The second-order valence-electron chi connectivity index (χ2n) is 15.3. The van der Waals surface area contributed by atoms with Gasteiger partial charge in [0.05, 0.1) is 23.8 Å². The number of aryl methyl sites for hydroxylation is 1. The molecule has 1 aromatic carbocycles. The number of nitrogens with zero attached hydrogens (tertiary/aromatic N) is 6. The fourth-order valence-electron chi connectivity index (χ4n) is 8.89. The summed E-state index contributed by atoms with van der Waals surface area (Å²) in [6.45, 7) is 1.76. The number of para-hydroxylation sites is 1. The molecule has 5 aromatic rings. The number of hydrogen-bond acceptors (Lipinski definition) is 8. The number of likely N-dealkylation sites (tertiary alicyclic amines) is 1. The Morgan fingerprint density at radius 1 is 1.00 bits per heavy atom. The van der Waals surface area contributed by atoms with Gasteiger partial charge in [0, 0.05) is 56.9 Å². The number of amides is 3. The molecule has 0 bridgehead atoms. The molecule has 3 fully saturated rings. The average molecular weight is 791 g/mol. The second-order valence-corrected chi connectivity index (χ2v) is 15.3. The fraction of sp³-hybridized carbons (Fsp3) is 0.450. The van der Waals surface area contributed by atoms with Crippen molar-refractivity contribution in [3.8, 4) is 5.75 Å². The van der Waals surface area contributed by atoms with E-state index in [4.69, 9.17) is 9.72 Å². The number of rotatable bonds is 8. The van der Waals surface area contributed by atoms with E-state index in [0.717, 1.165) is 55.6 Å². The van der Waals surface area contributed by atoms with E-state index in [1.165, 1.54) is 22.3 Å². The third-order valence-corrected chi connectivity index (χ3v) is 11.8. The zero-order valence-electron chi connectivity index (χ0n) is 31.4. The monoisotopic (exact) mass is 790 g/mol. The summed E-state index contributed by atoms with van der Waals surface area (Å²) in [5.41, 5.74) is 1.74. The van der Waals surface area contributed by atoms with E-state index in [1.54, 1.807) is 35.8 Å². The molecule has 2 N–H and O–H groups in total. The number of imide groups is 1. The van der Waals surface area contributed by atoms with Crippen LogP contribution < -0.4 is 21.1 Å². The molecule has 13 nitrogen and oxygen atoms in total. The first-order valence-electron chi connectivity index (χ1n) is 19.1. The maximum Gasteiger partial charge on any atom is 0.433 e. The van der Waals surface area contributed by atoms with Gasteiger partial charge in [-0.1, -0.05) is 18.2 Å². The molecule has 0 radical (unpaired) electrons. The molecule has 3 amide bonds. The Labute approximate surface area is 324 Å². The maximum atomic E-state index is 16.1. The highest BCUT2D eigenvalue weighted by Crippen LogP contribution is 2.39. The van der Waals surface area contributed by atoms with E-state index < -0.39 is 41.8 Å². The van der Waals surface area contributed by atoms with Crippen molar-refractivity contribution in [3.05, 3.63) is 88.0 Å². The molecule has 3 aliphatic rings. The normalized spacial score (nSPS) is 23.5. The van der Waals surface area contributed by atoms with Crippen LogP contribution in [-0.4, -0.2) is 79.0 Å². The number of carbonyl (C=O) groups is 3. The summed E-state index contributed by atoms with van der Waals surface area (Å²) in [5.74, 6) is -1.22. The number of hydrogen-bond donors (Lipinski definition) is 2.